The molecule has 1 aromatic rings. The fourth-order valence-electron chi connectivity index (χ4n) is 2.35. The number of nitrogens with zero attached hydrogens (tertiary/aromatic N) is 2. The summed E-state index contributed by atoms with van der Waals surface area (Å²) in [7, 11) is 0. The molecule has 120 valence electrons. The Hall–Kier alpha value is -1.37. The highest BCUT2D eigenvalue weighted by Crippen LogP contribution is 2.17. The van der Waals surface area contributed by atoms with Crippen LogP contribution in [0.5, 0.6) is 5.75 Å². The summed E-state index contributed by atoms with van der Waals surface area (Å²) in [5, 5.41) is 28.6. The van der Waals surface area contributed by atoms with Crippen molar-refractivity contribution in [3.8, 4) is 5.75 Å². The molecular formula is C15H26N2O4. The molecule has 0 fully saturated rings. The SMILES string of the molecule is CCCCN(CC)Cc1c(O)c(=O)cc(CO)n1CCO. The maximum atomic E-state index is 11.8. The Morgan fingerprint density at radius 2 is 2.00 bits per heavy atom. The van der Waals surface area contributed by atoms with Crippen molar-refractivity contribution < 1.29 is 15.3 Å². The van der Waals surface area contributed by atoms with Gasteiger partial charge in [0.1, 0.15) is 0 Å². The molecule has 6 nitrogen and oxygen atoms in total. The first-order valence-electron chi connectivity index (χ1n) is 7.47. The first kappa shape index (κ1) is 17.7. The fraction of sp³-hybridized carbons (Fsp3) is 0.667. The van der Waals surface area contributed by atoms with Crippen molar-refractivity contribution in [3.63, 3.8) is 0 Å². The average molecular weight is 298 g/mol. The summed E-state index contributed by atoms with van der Waals surface area (Å²) in [5.41, 5.74) is 0.377. The second-order valence-electron chi connectivity index (χ2n) is 5.05. The van der Waals surface area contributed by atoms with Crippen LogP contribution in [0.25, 0.3) is 0 Å². The van der Waals surface area contributed by atoms with Crippen LogP contribution in [-0.4, -0.2) is 44.5 Å². The molecule has 1 heterocycles. The van der Waals surface area contributed by atoms with Gasteiger partial charge in [0, 0.05) is 24.8 Å². The van der Waals surface area contributed by atoms with Crippen LogP contribution in [0.4, 0.5) is 0 Å². The lowest BCUT2D eigenvalue weighted by Crippen LogP contribution is -2.29. The molecule has 0 saturated heterocycles. The van der Waals surface area contributed by atoms with Crippen molar-refractivity contribution in [3.05, 3.63) is 27.7 Å². The van der Waals surface area contributed by atoms with E-state index in [1.165, 1.54) is 6.07 Å². The highest BCUT2D eigenvalue weighted by Gasteiger charge is 2.16. The molecule has 0 aliphatic carbocycles. The number of aromatic hydroxyl groups is 1. The van der Waals surface area contributed by atoms with Gasteiger partial charge in [0.2, 0.25) is 5.43 Å². The number of rotatable bonds is 9. The number of hydrogen-bond donors (Lipinski definition) is 3. The maximum Gasteiger partial charge on any atom is 0.223 e. The van der Waals surface area contributed by atoms with Crippen LogP contribution in [-0.2, 0) is 19.7 Å². The van der Waals surface area contributed by atoms with Gasteiger partial charge in [0.05, 0.1) is 18.9 Å². The second-order valence-corrected chi connectivity index (χ2v) is 5.05. The van der Waals surface area contributed by atoms with E-state index in [0.29, 0.717) is 17.9 Å². The van der Waals surface area contributed by atoms with Crippen molar-refractivity contribution in [2.45, 2.75) is 46.4 Å². The number of aliphatic hydroxyl groups is 2. The van der Waals surface area contributed by atoms with Crippen molar-refractivity contribution >= 4 is 0 Å². The van der Waals surface area contributed by atoms with Crippen LogP contribution in [0.1, 0.15) is 38.1 Å². The normalized spacial score (nSPS) is 11.3. The predicted octanol–water partition coefficient (Wildman–Crippen LogP) is 0.661. The van der Waals surface area contributed by atoms with Crippen LogP contribution >= 0.6 is 0 Å². The van der Waals surface area contributed by atoms with Gasteiger partial charge in [-0.3, -0.25) is 9.69 Å². The smallest absolute Gasteiger partial charge is 0.223 e. The van der Waals surface area contributed by atoms with E-state index in [-0.39, 0.29) is 25.5 Å². The Kier molecular flexibility index (Phi) is 7.42. The molecule has 0 bridgehead atoms. The minimum atomic E-state index is -0.491. The lowest BCUT2D eigenvalue weighted by molar-refractivity contribution is 0.230. The van der Waals surface area contributed by atoms with Gasteiger partial charge in [-0.2, -0.15) is 0 Å². The van der Waals surface area contributed by atoms with E-state index < -0.39 is 5.43 Å². The van der Waals surface area contributed by atoms with Gasteiger partial charge >= 0.3 is 0 Å². The number of aliphatic hydroxyl groups excluding tert-OH is 2. The van der Waals surface area contributed by atoms with Gasteiger partial charge in [0.15, 0.2) is 5.75 Å². The Labute approximate surface area is 125 Å². The maximum absolute atomic E-state index is 11.8. The lowest BCUT2D eigenvalue weighted by atomic mass is 10.2. The predicted molar refractivity (Wildman–Crippen MR) is 81.2 cm³/mol. The van der Waals surface area contributed by atoms with Gasteiger partial charge < -0.3 is 19.9 Å². The molecule has 0 aliphatic heterocycles. The van der Waals surface area contributed by atoms with Gasteiger partial charge in [0.25, 0.3) is 0 Å². The van der Waals surface area contributed by atoms with Crippen LogP contribution < -0.4 is 5.43 Å². The summed E-state index contributed by atoms with van der Waals surface area (Å²) < 4.78 is 1.63. The zero-order valence-electron chi connectivity index (χ0n) is 12.9. The minimum Gasteiger partial charge on any atom is -0.503 e. The Balaban J connectivity index is 3.18. The van der Waals surface area contributed by atoms with E-state index in [4.69, 9.17) is 0 Å². The number of hydrogen-bond acceptors (Lipinski definition) is 5. The van der Waals surface area contributed by atoms with E-state index in [9.17, 15) is 20.1 Å². The summed E-state index contributed by atoms with van der Waals surface area (Å²) in [4.78, 5) is 13.9. The van der Waals surface area contributed by atoms with E-state index in [0.717, 1.165) is 25.9 Å². The molecule has 1 aromatic heterocycles. The lowest BCUT2D eigenvalue weighted by Gasteiger charge is -2.24. The van der Waals surface area contributed by atoms with Crippen LogP contribution in [0, 0.1) is 0 Å². The number of pyridine rings is 1. The van der Waals surface area contributed by atoms with E-state index in [2.05, 4.69) is 11.8 Å². The quantitative estimate of drug-likeness (QED) is 0.623. The number of aromatic nitrogens is 1. The third-order valence-electron chi connectivity index (χ3n) is 3.61. The monoisotopic (exact) mass is 298 g/mol. The van der Waals surface area contributed by atoms with Crippen molar-refractivity contribution in [1.29, 1.82) is 0 Å². The standard InChI is InChI=1S/C15H26N2O4/c1-3-5-6-16(4-2)10-13-15(21)14(20)9-12(11-19)17(13)7-8-18/h9,18-19,21H,3-8,10-11H2,1-2H3. The Morgan fingerprint density at radius 3 is 2.52 bits per heavy atom. The molecule has 0 aliphatic rings. The second kappa shape index (κ2) is 8.81. The van der Waals surface area contributed by atoms with Crippen LogP contribution in [0.15, 0.2) is 10.9 Å². The van der Waals surface area contributed by atoms with Crippen LogP contribution in [0.2, 0.25) is 0 Å². The summed E-state index contributed by atoms with van der Waals surface area (Å²) in [6, 6.07) is 1.22. The highest BCUT2D eigenvalue weighted by molar-refractivity contribution is 5.30. The first-order chi connectivity index (χ1) is 10.1. The molecule has 0 unspecified atom stereocenters. The zero-order valence-corrected chi connectivity index (χ0v) is 12.9. The molecule has 0 aromatic carbocycles. The largest absolute Gasteiger partial charge is 0.503 e. The number of unbranched alkanes of at least 4 members (excludes halogenated alkanes) is 1. The molecule has 0 saturated carbocycles. The molecule has 1 rings (SSSR count). The summed E-state index contributed by atoms with van der Waals surface area (Å²) in [6.45, 7) is 6.05. The summed E-state index contributed by atoms with van der Waals surface area (Å²) in [5.74, 6) is -0.296. The van der Waals surface area contributed by atoms with Gasteiger partial charge in [-0.25, -0.2) is 0 Å². The topological polar surface area (TPSA) is 85.9 Å². The first-order valence-corrected chi connectivity index (χ1v) is 7.47. The van der Waals surface area contributed by atoms with Gasteiger partial charge in [-0.15, -0.1) is 0 Å². The third kappa shape index (κ3) is 4.56. The van der Waals surface area contributed by atoms with E-state index in [1.807, 2.05) is 6.92 Å². The van der Waals surface area contributed by atoms with E-state index in [1.54, 1.807) is 4.57 Å². The Morgan fingerprint density at radius 1 is 1.29 bits per heavy atom. The molecule has 0 spiro atoms. The van der Waals surface area contributed by atoms with Gasteiger partial charge in [-0.1, -0.05) is 20.3 Å². The van der Waals surface area contributed by atoms with Crippen molar-refractivity contribution in [2.24, 2.45) is 0 Å². The fourth-order valence-corrected chi connectivity index (χ4v) is 2.35. The molecule has 0 radical (unpaired) electrons. The Bertz CT molecular complexity index is 499. The highest BCUT2D eigenvalue weighted by atomic mass is 16.3. The molecule has 6 heteroatoms. The minimum absolute atomic E-state index is 0.122. The van der Waals surface area contributed by atoms with Crippen LogP contribution in [0.3, 0.4) is 0 Å². The average Bonchev–Trinajstić information content (AvgIpc) is 2.49. The third-order valence-corrected chi connectivity index (χ3v) is 3.61. The summed E-state index contributed by atoms with van der Waals surface area (Å²) >= 11 is 0. The molecule has 0 amide bonds. The molecule has 21 heavy (non-hydrogen) atoms. The van der Waals surface area contributed by atoms with E-state index >= 15 is 0 Å². The van der Waals surface area contributed by atoms with Crippen molar-refractivity contribution in [2.75, 3.05) is 19.7 Å². The van der Waals surface area contributed by atoms with Gasteiger partial charge in [-0.05, 0) is 19.5 Å². The molecule has 0 atom stereocenters. The zero-order chi connectivity index (χ0) is 15.8. The van der Waals surface area contributed by atoms with Crippen molar-refractivity contribution in [1.82, 2.24) is 9.47 Å². The molecule has 3 N–H and O–H groups in total. The summed E-state index contributed by atoms with van der Waals surface area (Å²) in [6.07, 6.45) is 2.11. The molecular weight excluding hydrogens is 272 g/mol.